The van der Waals surface area contributed by atoms with Crippen LogP contribution in [0.5, 0.6) is 11.5 Å². The molecule has 0 atom stereocenters. The highest BCUT2D eigenvalue weighted by Crippen LogP contribution is 2.32. The molecule has 0 fully saturated rings. The lowest BCUT2D eigenvalue weighted by Crippen LogP contribution is -2.16. The molecule has 0 aliphatic rings. The van der Waals surface area contributed by atoms with Gasteiger partial charge in [0, 0.05) is 17.8 Å². The van der Waals surface area contributed by atoms with Crippen molar-refractivity contribution < 1.29 is 27.4 Å². The molecule has 1 N–H and O–H groups in total. The molecule has 5 nitrogen and oxygen atoms in total. The predicted octanol–water partition coefficient (Wildman–Crippen LogP) is 4.11. The third-order valence-corrected chi connectivity index (χ3v) is 3.23. The zero-order valence-electron chi connectivity index (χ0n) is 11.6. The molecule has 0 aliphatic heterocycles. The molecule has 0 radical (unpaired) electrons. The van der Waals surface area contributed by atoms with E-state index >= 15 is 0 Å². The fourth-order valence-corrected chi connectivity index (χ4v) is 2.19. The third-order valence-electron chi connectivity index (χ3n) is 3.03. The van der Waals surface area contributed by atoms with Crippen LogP contribution in [0.2, 0.25) is 5.02 Å². The van der Waals surface area contributed by atoms with Crippen molar-refractivity contribution in [3.05, 3.63) is 51.8 Å². The van der Waals surface area contributed by atoms with E-state index in [0.29, 0.717) is 0 Å². The van der Waals surface area contributed by atoms with Gasteiger partial charge in [0.25, 0.3) is 5.43 Å². The van der Waals surface area contributed by atoms with E-state index in [1.54, 1.807) is 0 Å². The Balaban J connectivity index is 2.09. The maximum absolute atomic E-state index is 12.2. The van der Waals surface area contributed by atoms with Crippen LogP contribution in [0.3, 0.4) is 0 Å². The Morgan fingerprint density at radius 2 is 1.88 bits per heavy atom. The first-order chi connectivity index (χ1) is 11.2. The fourth-order valence-electron chi connectivity index (χ4n) is 2.05. The van der Waals surface area contributed by atoms with Crippen molar-refractivity contribution in [3.8, 4) is 22.8 Å². The number of aromatic hydroxyl groups is 1. The number of alkyl halides is 3. The second-order valence-corrected chi connectivity index (χ2v) is 5.12. The van der Waals surface area contributed by atoms with Gasteiger partial charge in [0.2, 0.25) is 5.75 Å². The lowest BCUT2D eigenvalue weighted by atomic mass is 10.1. The highest BCUT2D eigenvalue weighted by atomic mass is 35.5. The predicted molar refractivity (Wildman–Crippen MR) is 79.1 cm³/mol. The standard InChI is InChI=1S/C15H7ClF3NO4/c16-8-5-10-11(20-6-8)12(21)13(22)14(23-10)7-1-3-9(4-2-7)24-15(17,18)19/h1-6,22H. The molecule has 0 bridgehead atoms. The average Bonchev–Trinajstić information content (AvgIpc) is 2.50. The largest absolute Gasteiger partial charge is 0.573 e. The number of fused-ring (bicyclic) bond motifs is 1. The molecule has 24 heavy (non-hydrogen) atoms. The number of benzene rings is 1. The van der Waals surface area contributed by atoms with Crippen LogP contribution in [-0.2, 0) is 0 Å². The topological polar surface area (TPSA) is 72.6 Å². The van der Waals surface area contributed by atoms with Gasteiger partial charge >= 0.3 is 6.36 Å². The average molecular weight is 358 g/mol. The number of ether oxygens (including phenoxy) is 1. The number of rotatable bonds is 2. The van der Waals surface area contributed by atoms with Gasteiger partial charge in [0.1, 0.15) is 5.75 Å². The number of pyridine rings is 1. The first-order valence-corrected chi connectivity index (χ1v) is 6.80. The molecule has 9 heteroatoms. The molecular formula is C15H7ClF3NO4. The molecule has 1 aromatic carbocycles. The highest BCUT2D eigenvalue weighted by molar-refractivity contribution is 6.31. The van der Waals surface area contributed by atoms with Crippen LogP contribution in [0.4, 0.5) is 13.2 Å². The normalized spacial score (nSPS) is 11.7. The molecule has 0 aliphatic carbocycles. The minimum Gasteiger partial charge on any atom is -0.501 e. The van der Waals surface area contributed by atoms with Gasteiger partial charge in [-0.05, 0) is 24.3 Å². The molecule has 0 saturated carbocycles. The summed E-state index contributed by atoms with van der Waals surface area (Å²) in [6.07, 6.45) is -3.59. The first-order valence-electron chi connectivity index (χ1n) is 6.42. The summed E-state index contributed by atoms with van der Waals surface area (Å²) in [5.41, 5.74) is -0.673. The molecule has 3 aromatic rings. The van der Waals surface area contributed by atoms with Crippen molar-refractivity contribution in [3.63, 3.8) is 0 Å². The van der Waals surface area contributed by atoms with Crippen LogP contribution in [0.15, 0.2) is 45.7 Å². The molecule has 0 spiro atoms. The number of halogens is 4. The van der Waals surface area contributed by atoms with Crippen molar-refractivity contribution >= 4 is 22.7 Å². The second-order valence-electron chi connectivity index (χ2n) is 4.68. The van der Waals surface area contributed by atoms with Gasteiger partial charge in [-0.2, -0.15) is 0 Å². The van der Waals surface area contributed by atoms with Gasteiger partial charge in [-0.25, -0.2) is 4.98 Å². The van der Waals surface area contributed by atoms with Crippen LogP contribution in [0.25, 0.3) is 22.4 Å². The summed E-state index contributed by atoms with van der Waals surface area (Å²) in [7, 11) is 0. The Morgan fingerprint density at radius 3 is 2.50 bits per heavy atom. The molecule has 2 aromatic heterocycles. The van der Waals surface area contributed by atoms with Crippen molar-refractivity contribution in [2.75, 3.05) is 0 Å². The SMILES string of the molecule is O=c1c(O)c(-c2ccc(OC(F)(F)F)cc2)oc2cc(Cl)cnc12. The van der Waals surface area contributed by atoms with E-state index in [4.69, 9.17) is 16.0 Å². The summed E-state index contributed by atoms with van der Waals surface area (Å²) in [4.78, 5) is 15.9. The summed E-state index contributed by atoms with van der Waals surface area (Å²) >= 11 is 5.78. The minimum atomic E-state index is -4.82. The van der Waals surface area contributed by atoms with E-state index in [1.807, 2.05) is 0 Å². The van der Waals surface area contributed by atoms with Crippen LogP contribution in [0, 0.1) is 0 Å². The van der Waals surface area contributed by atoms with Gasteiger partial charge in [0.05, 0.1) is 5.02 Å². The summed E-state index contributed by atoms with van der Waals surface area (Å²) in [6.45, 7) is 0. The Hall–Kier alpha value is -2.74. The van der Waals surface area contributed by atoms with Crippen LogP contribution < -0.4 is 10.2 Å². The van der Waals surface area contributed by atoms with Crippen LogP contribution >= 0.6 is 11.6 Å². The third kappa shape index (κ3) is 3.13. The number of hydrogen-bond acceptors (Lipinski definition) is 5. The maximum atomic E-state index is 12.2. The monoisotopic (exact) mass is 357 g/mol. The summed E-state index contributed by atoms with van der Waals surface area (Å²) in [5, 5.41) is 10.2. The van der Waals surface area contributed by atoms with E-state index in [-0.39, 0.29) is 27.4 Å². The lowest BCUT2D eigenvalue weighted by molar-refractivity contribution is -0.274. The molecule has 2 heterocycles. The fraction of sp³-hybridized carbons (Fsp3) is 0.0667. The lowest BCUT2D eigenvalue weighted by Gasteiger charge is -2.09. The first kappa shape index (κ1) is 16.1. The Bertz CT molecular complexity index is 967. The Labute approximate surface area is 136 Å². The van der Waals surface area contributed by atoms with Crippen molar-refractivity contribution in [2.45, 2.75) is 6.36 Å². The van der Waals surface area contributed by atoms with Crippen molar-refractivity contribution in [2.24, 2.45) is 0 Å². The van der Waals surface area contributed by atoms with E-state index in [2.05, 4.69) is 9.72 Å². The molecular weight excluding hydrogens is 351 g/mol. The highest BCUT2D eigenvalue weighted by Gasteiger charge is 2.31. The van der Waals surface area contributed by atoms with Crippen molar-refractivity contribution in [1.82, 2.24) is 4.98 Å². The zero-order chi connectivity index (χ0) is 17.5. The van der Waals surface area contributed by atoms with Gasteiger partial charge in [-0.15, -0.1) is 13.2 Å². The molecule has 124 valence electrons. The number of nitrogens with zero attached hydrogens (tertiary/aromatic N) is 1. The quantitative estimate of drug-likeness (QED) is 0.747. The molecule has 3 rings (SSSR count). The number of aromatic nitrogens is 1. The Kier molecular flexibility index (Phi) is 3.84. The summed E-state index contributed by atoms with van der Waals surface area (Å²) < 4.78 is 45.6. The van der Waals surface area contributed by atoms with Crippen molar-refractivity contribution in [1.29, 1.82) is 0 Å². The molecule has 0 saturated heterocycles. The smallest absolute Gasteiger partial charge is 0.501 e. The molecule has 0 amide bonds. The number of hydrogen-bond donors (Lipinski definition) is 1. The van der Waals surface area contributed by atoms with Gasteiger partial charge in [0.15, 0.2) is 16.9 Å². The zero-order valence-corrected chi connectivity index (χ0v) is 12.4. The maximum Gasteiger partial charge on any atom is 0.573 e. The van der Waals surface area contributed by atoms with Gasteiger partial charge < -0.3 is 14.3 Å². The van der Waals surface area contributed by atoms with E-state index in [9.17, 15) is 23.1 Å². The van der Waals surface area contributed by atoms with E-state index in [1.165, 1.54) is 24.4 Å². The van der Waals surface area contributed by atoms with Crippen LogP contribution in [0.1, 0.15) is 0 Å². The summed E-state index contributed by atoms with van der Waals surface area (Å²) in [5.74, 6) is -1.37. The van der Waals surface area contributed by atoms with Crippen LogP contribution in [-0.4, -0.2) is 16.5 Å². The van der Waals surface area contributed by atoms with E-state index in [0.717, 1.165) is 12.1 Å². The summed E-state index contributed by atoms with van der Waals surface area (Å²) in [6, 6.07) is 5.83. The van der Waals surface area contributed by atoms with E-state index < -0.39 is 23.3 Å². The minimum absolute atomic E-state index is 0.0379. The Morgan fingerprint density at radius 1 is 1.21 bits per heavy atom. The van der Waals surface area contributed by atoms with Gasteiger partial charge in [-0.3, -0.25) is 4.79 Å². The second kappa shape index (κ2) is 5.72. The molecule has 0 unspecified atom stereocenters. The van der Waals surface area contributed by atoms with Gasteiger partial charge in [-0.1, -0.05) is 11.6 Å².